The van der Waals surface area contributed by atoms with Crippen LogP contribution >= 0.6 is 0 Å². The number of hydrogen-bond donors (Lipinski definition) is 2. The Labute approximate surface area is 138 Å². The Morgan fingerprint density at radius 2 is 1.91 bits per heavy atom. The minimum atomic E-state index is -0.496. The van der Waals surface area contributed by atoms with E-state index >= 15 is 0 Å². The Kier molecular flexibility index (Phi) is 5.88. The molecule has 128 valence electrons. The molecule has 5 heteroatoms. The lowest BCUT2D eigenvalue weighted by molar-refractivity contribution is 0.00925. The average molecular weight is 320 g/mol. The standard InChI is InChI=1S/C18H28N2O3/c1-5-16-12-15(10-11-22-16)19-13-6-8-14(9-7-13)20-17(21)23-18(2,3)4/h6-9,15-16,19H,5,10-12H2,1-4H3,(H,20,21). The van der Waals surface area contributed by atoms with Gasteiger partial charge in [0.2, 0.25) is 0 Å². The molecule has 0 saturated carbocycles. The number of anilines is 2. The highest BCUT2D eigenvalue weighted by Gasteiger charge is 2.21. The van der Waals surface area contributed by atoms with Crippen molar-refractivity contribution in [2.45, 2.75) is 64.7 Å². The van der Waals surface area contributed by atoms with Crippen molar-refractivity contribution in [3.8, 4) is 0 Å². The van der Waals surface area contributed by atoms with Gasteiger partial charge in [-0.25, -0.2) is 4.79 Å². The molecule has 1 aliphatic rings. The van der Waals surface area contributed by atoms with E-state index < -0.39 is 11.7 Å². The van der Waals surface area contributed by atoms with Gasteiger partial charge in [0.25, 0.3) is 0 Å². The maximum Gasteiger partial charge on any atom is 0.412 e. The third-order valence-corrected chi connectivity index (χ3v) is 3.72. The first kappa shape index (κ1) is 17.6. The maximum absolute atomic E-state index is 11.7. The molecule has 1 aromatic rings. The van der Waals surface area contributed by atoms with Gasteiger partial charge in [-0.3, -0.25) is 5.32 Å². The molecule has 1 saturated heterocycles. The fraction of sp³-hybridized carbons (Fsp3) is 0.611. The first-order chi connectivity index (χ1) is 10.9. The van der Waals surface area contributed by atoms with Crippen molar-refractivity contribution in [3.63, 3.8) is 0 Å². The summed E-state index contributed by atoms with van der Waals surface area (Å²) in [4.78, 5) is 11.7. The lowest BCUT2D eigenvalue weighted by Crippen LogP contribution is -2.33. The summed E-state index contributed by atoms with van der Waals surface area (Å²) in [7, 11) is 0. The molecule has 1 amide bonds. The van der Waals surface area contributed by atoms with Gasteiger partial charge in [-0.15, -0.1) is 0 Å². The zero-order valence-electron chi connectivity index (χ0n) is 14.5. The van der Waals surface area contributed by atoms with Crippen molar-refractivity contribution < 1.29 is 14.3 Å². The Morgan fingerprint density at radius 1 is 1.26 bits per heavy atom. The molecule has 1 heterocycles. The second kappa shape index (κ2) is 7.68. The summed E-state index contributed by atoms with van der Waals surface area (Å²) in [6, 6.07) is 8.15. The number of carbonyl (C=O) groups excluding carboxylic acids is 1. The molecule has 0 radical (unpaired) electrons. The lowest BCUT2D eigenvalue weighted by atomic mass is 10.0. The molecule has 2 atom stereocenters. The van der Waals surface area contributed by atoms with Gasteiger partial charge in [-0.2, -0.15) is 0 Å². The minimum absolute atomic E-state index is 0.356. The summed E-state index contributed by atoms with van der Waals surface area (Å²) >= 11 is 0. The van der Waals surface area contributed by atoms with Crippen LogP contribution in [0.5, 0.6) is 0 Å². The second-order valence-corrected chi connectivity index (χ2v) is 6.97. The van der Waals surface area contributed by atoms with Crippen LogP contribution in [0, 0.1) is 0 Å². The Bertz CT molecular complexity index is 508. The number of carbonyl (C=O) groups is 1. The van der Waals surface area contributed by atoms with Crippen molar-refractivity contribution in [1.29, 1.82) is 0 Å². The van der Waals surface area contributed by atoms with Crippen molar-refractivity contribution in [2.75, 3.05) is 17.2 Å². The summed E-state index contributed by atoms with van der Waals surface area (Å²) in [5.74, 6) is 0. The molecule has 1 aliphatic heterocycles. The van der Waals surface area contributed by atoms with Gasteiger partial charge >= 0.3 is 6.09 Å². The first-order valence-corrected chi connectivity index (χ1v) is 8.34. The number of nitrogens with one attached hydrogen (secondary N) is 2. The van der Waals surface area contributed by atoms with Crippen molar-refractivity contribution >= 4 is 17.5 Å². The van der Waals surface area contributed by atoms with E-state index in [0.29, 0.717) is 12.1 Å². The predicted octanol–water partition coefficient (Wildman–Crippen LogP) is 4.40. The summed E-state index contributed by atoms with van der Waals surface area (Å²) < 4.78 is 10.9. The van der Waals surface area contributed by atoms with E-state index in [0.717, 1.165) is 37.2 Å². The molecule has 2 rings (SSSR count). The van der Waals surface area contributed by atoms with Gasteiger partial charge in [0.05, 0.1) is 6.10 Å². The van der Waals surface area contributed by atoms with Crippen LogP contribution in [0.1, 0.15) is 47.0 Å². The Hall–Kier alpha value is -1.75. The van der Waals surface area contributed by atoms with Gasteiger partial charge in [0.15, 0.2) is 0 Å². The summed E-state index contributed by atoms with van der Waals surface area (Å²) in [5.41, 5.74) is 1.29. The highest BCUT2D eigenvalue weighted by molar-refractivity contribution is 5.85. The van der Waals surface area contributed by atoms with E-state index in [-0.39, 0.29) is 0 Å². The van der Waals surface area contributed by atoms with Gasteiger partial charge in [-0.05, 0) is 64.3 Å². The summed E-state index contributed by atoms with van der Waals surface area (Å²) in [6.45, 7) is 8.50. The monoisotopic (exact) mass is 320 g/mol. The van der Waals surface area contributed by atoms with Crippen LogP contribution in [0.3, 0.4) is 0 Å². The molecule has 2 N–H and O–H groups in total. The molecule has 0 bridgehead atoms. The quantitative estimate of drug-likeness (QED) is 0.863. The van der Waals surface area contributed by atoms with Crippen LogP contribution in [0.25, 0.3) is 0 Å². The van der Waals surface area contributed by atoms with Crippen molar-refractivity contribution in [1.82, 2.24) is 0 Å². The number of rotatable bonds is 4. The normalized spacial score (nSPS) is 21.6. The number of benzene rings is 1. The highest BCUT2D eigenvalue weighted by Crippen LogP contribution is 2.22. The van der Waals surface area contributed by atoms with Crippen molar-refractivity contribution in [3.05, 3.63) is 24.3 Å². The molecule has 1 aromatic carbocycles. The van der Waals surface area contributed by atoms with Gasteiger partial charge in [0, 0.05) is 24.0 Å². The average Bonchev–Trinajstić information content (AvgIpc) is 2.47. The molecule has 1 fully saturated rings. The molecule has 2 unspecified atom stereocenters. The zero-order chi connectivity index (χ0) is 16.9. The van der Waals surface area contributed by atoms with E-state index in [2.05, 4.69) is 17.6 Å². The molecule has 0 spiro atoms. The Morgan fingerprint density at radius 3 is 2.52 bits per heavy atom. The van der Waals surface area contributed by atoms with E-state index in [4.69, 9.17) is 9.47 Å². The third kappa shape index (κ3) is 6.10. The van der Waals surface area contributed by atoms with Crippen LogP contribution in [0.15, 0.2) is 24.3 Å². The number of ether oxygens (including phenoxy) is 2. The summed E-state index contributed by atoms with van der Waals surface area (Å²) in [5, 5.41) is 6.28. The van der Waals surface area contributed by atoms with Gasteiger partial charge in [0.1, 0.15) is 5.60 Å². The second-order valence-electron chi connectivity index (χ2n) is 6.97. The smallest absolute Gasteiger partial charge is 0.412 e. The summed E-state index contributed by atoms with van der Waals surface area (Å²) in [6.07, 6.45) is 3.03. The van der Waals surface area contributed by atoms with Crippen LogP contribution in [0.4, 0.5) is 16.2 Å². The van der Waals surface area contributed by atoms with E-state index in [9.17, 15) is 4.79 Å². The molecular weight excluding hydrogens is 292 g/mol. The highest BCUT2D eigenvalue weighted by atomic mass is 16.6. The van der Waals surface area contributed by atoms with Gasteiger partial charge in [-0.1, -0.05) is 6.92 Å². The van der Waals surface area contributed by atoms with Gasteiger partial charge < -0.3 is 14.8 Å². The largest absolute Gasteiger partial charge is 0.444 e. The number of amides is 1. The molecular formula is C18H28N2O3. The third-order valence-electron chi connectivity index (χ3n) is 3.72. The molecule has 0 aliphatic carbocycles. The SMILES string of the molecule is CCC1CC(Nc2ccc(NC(=O)OC(C)(C)C)cc2)CCO1. The number of hydrogen-bond acceptors (Lipinski definition) is 4. The van der Waals surface area contributed by atoms with E-state index in [1.807, 2.05) is 45.0 Å². The predicted molar refractivity (Wildman–Crippen MR) is 93.0 cm³/mol. The lowest BCUT2D eigenvalue weighted by Gasteiger charge is -2.30. The zero-order valence-corrected chi connectivity index (χ0v) is 14.5. The van der Waals surface area contributed by atoms with Crippen LogP contribution in [-0.4, -0.2) is 30.4 Å². The van der Waals surface area contributed by atoms with E-state index in [1.165, 1.54) is 0 Å². The van der Waals surface area contributed by atoms with Crippen LogP contribution in [-0.2, 0) is 9.47 Å². The Balaban J connectivity index is 1.86. The first-order valence-electron chi connectivity index (χ1n) is 8.34. The topological polar surface area (TPSA) is 59.6 Å². The molecule has 5 nitrogen and oxygen atoms in total. The maximum atomic E-state index is 11.7. The molecule has 0 aromatic heterocycles. The fourth-order valence-electron chi connectivity index (χ4n) is 2.60. The minimum Gasteiger partial charge on any atom is -0.444 e. The van der Waals surface area contributed by atoms with Crippen LogP contribution in [0.2, 0.25) is 0 Å². The van der Waals surface area contributed by atoms with Crippen LogP contribution < -0.4 is 10.6 Å². The van der Waals surface area contributed by atoms with E-state index in [1.54, 1.807) is 0 Å². The van der Waals surface area contributed by atoms with Crippen molar-refractivity contribution in [2.24, 2.45) is 0 Å². The fourth-order valence-corrected chi connectivity index (χ4v) is 2.60. The molecule has 23 heavy (non-hydrogen) atoms.